The second kappa shape index (κ2) is 16.0. The molecule has 0 aliphatic rings. The molecule has 0 aromatic rings. The zero-order chi connectivity index (χ0) is 7.70. The Morgan fingerprint density at radius 3 is 1.10 bits per heavy atom. The Hall–Kier alpha value is -0.0800. The van der Waals surface area contributed by atoms with Gasteiger partial charge in [0.05, 0.1) is 0 Å². The van der Waals surface area contributed by atoms with E-state index in [2.05, 4.69) is 13.8 Å². The van der Waals surface area contributed by atoms with Gasteiger partial charge in [0, 0.05) is 0 Å². The quantitative estimate of drug-likeness (QED) is 0.653. The van der Waals surface area contributed by atoms with Crippen molar-refractivity contribution < 1.29 is 0 Å². The van der Waals surface area contributed by atoms with Crippen LogP contribution in [0.25, 0.3) is 0 Å². The molecule has 0 saturated heterocycles. The minimum absolute atomic E-state index is 0. The van der Waals surface area contributed by atoms with E-state index in [4.69, 9.17) is 0 Å². The summed E-state index contributed by atoms with van der Waals surface area (Å²) in [7, 11) is 6.00. The molecular weight excluding hydrogens is 124 g/mol. The minimum Gasteiger partial charge on any atom is -0.344 e. The van der Waals surface area contributed by atoms with Gasteiger partial charge in [-0.3, -0.25) is 0 Å². The van der Waals surface area contributed by atoms with Gasteiger partial charge in [0.25, 0.3) is 0 Å². The van der Waals surface area contributed by atoms with E-state index < -0.39 is 0 Å². The Labute approximate surface area is 66.2 Å². The third kappa shape index (κ3) is 103. The van der Waals surface area contributed by atoms with Crippen LogP contribution in [0.4, 0.5) is 0 Å². The highest BCUT2D eigenvalue weighted by Gasteiger charge is 1.68. The highest BCUT2D eigenvalue weighted by Crippen LogP contribution is 1.88. The van der Waals surface area contributed by atoms with Crippen molar-refractivity contribution in [1.29, 1.82) is 0 Å². The van der Waals surface area contributed by atoms with Gasteiger partial charge in [-0.25, -0.2) is 0 Å². The van der Waals surface area contributed by atoms with Crippen molar-refractivity contribution in [1.82, 2.24) is 11.1 Å². The molecule has 0 unspecified atom stereocenters. The SMILES string of the molecule is CCCCC.CN(C)C.N. The molecule has 0 aromatic carbocycles. The monoisotopic (exact) mass is 148 g/mol. The van der Waals surface area contributed by atoms with E-state index >= 15 is 0 Å². The van der Waals surface area contributed by atoms with Crippen molar-refractivity contribution in [2.24, 2.45) is 0 Å². The molecule has 0 aliphatic heterocycles. The fraction of sp³-hybridized carbons (Fsp3) is 1.00. The zero-order valence-corrected chi connectivity index (χ0v) is 8.28. The van der Waals surface area contributed by atoms with Crippen molar-refractivity contribution in [3.8, 4) is 0 Å². The third-order valence-corrected chi connectivity index (χ3v) is 0.707. The van der Waals surface area contributed by atoms with Crippen LogP contribution in [0, 0.1) is 0 Å². The van der Waals surface area contributed by atoms with Crippen LogP contribution in [0.15, 0.2) is 0 Å². The molecule has 0 radical (unpaired) electrons. The van der Waals surface area contributed by atoms with Gasteiger partial charge < -0.3 is 11.1 Å². The molecule has 0 amide bonds. The molecule has 0 saturated carbocycles. The van der Waals surface area contributed by atoms with E-state index in [0.717, 1.165) is 0 Å². The summed E-state index contributed by atoms with van der Waals surface area (Å²) in [4.78, 5) is 2.00. The lowest BCUT2D eigenvalue weighted by Gasteiger charge is -1.90. The molecule has 0 spiro atoms. The standard InChI is InChI=1S/C5H12.C3H9N.H3N/c1-3-5-4-2;1-4(2)3;/h3-5H2,1-2H3;1-3H3;1H3. The highest BCUT2D eigenvalue weighted by molar-refractivity contribution is 4.24. The molecular formula is C8H24N2. The van der Waals surface area contributed by atoms with Crippen LogP contribution in [0.3, 0.4) is 0 Å². The maximum Gasteiger partial charge on any atom is -0.0140 e. The second-order valence-corrected chi connectivity index (χ2v) is 2.70. The summed E-state index contributed by atoms with van der Waals surface area (Å²) in [6.45, 7) is 4.42. The normalized spacial score (nSPS) is 7.80. The van der Waals surface area contributed by atoms with E-state index in [-0.39, 0.29) is 6.15 Å². The fourth-order valence-electron chi connectivity index (χ4n) is 0.354. The Bertz CT molecular complexity index is 31.5. The summed E-state index contributed by atoms with van der Waals surface area (Å²) in [5.74, 6) is 0. The van der Waals surface area contributed by atoms with E-state index in [0.29, 0.717) is 0 Å². The zero-order valence-electron chi connectivity index (χ0n) is 8.28. The van der Waals surface area contributed by atoms with E-state index in [1.807, 2.05) is 26.0 Å². The van der Waals surface area contributed by atoms with Crippen molar-refractivity contribution in [2.75, 3.05) is 21.1 Å². The number of hydrogen-bond donors (Lipinski definition) is 1. The number of unbranched alkanes of at least 4 members (excludes halogenated alkanes) is 2. The Morgan fingerprint density at radius 2 is 1.10 bits per heavy atom. The van der Waals surface area contributed by atoms with Crippen LogP contribution in [0.5, 0.6) is 0 Å². The average Bonchev–Trinajstić information content (AvgIpc) is 1.66. The van der Waals surface area contributed by atoms with Crippen LogP contribution in [-0.4, -0.2) is 26.0 Å². The van der Waals surface area contributed by atoms with Crippen molar-refractivity contribution in [3.63, 3.8) is 0 Å². The van der Waals surface area contributed by atoms with Gasteiger partial charge in [0.15, 0.2) is 0 Å². The predicted molar refractivity (Wildman–Crippen MR) is 49.8 cm³/mol. The third-order valence-electron chi connectivity index (χ3n) is 0.707. The summed E-state index contributed by atoms with van der Waals surface area (Å²) in [6.07, 6.45) is 4.08. The molecule has 2 nitrogen and oxygen atoms in total. The minimum atomic E-state index is 0. The molecule has 0 rings (SSSR count). The maximum absolute atomic E-state index is 2.21. The summed E-state index contributed by atoms with van der Waals surface area (Å²) >= 11 is 0. The fourth-order valence-corrected chi connectivity index (χ4v) is 0.354. The molecule has 0 heterocycles. The molecule has 3 N–H and O–H groups in total. The largest absolute Gasteiger partial charge is 0.344 e. The molecule has 2 heteroatoms. The lowest BCUT2D eigenvalue weighted by molar-refractivity contribution is 0.505. The number of rotatable bonds is 2. The first kappa shape index (κ1) is 16.5. The van der Waals surface area contributed by atoms with Gasteiger partial charge >= 0.3 is 0 Å². The lowest BCUT2D eigenvalue weighted by Crippen LogP contribution is -1.99. The van der Waals surface area contributed by atoms with Crippen LogP contribution < -0.4 is 6.15 Å². The predicted octanol–water partition coefficient (Wildman–Crippen LogP) is 2.54. The first-order chi connectivity index (χ1) is 4.15. The summed E-state index contributed by atoms with van der Waals surface area (Å²) in [5.41, 5.74) is 0. The number of nitrogens with zero attached hydrogens (tertiary/aromatic N) is 1. The van der Waals surface area contributed by atoms with E-state index in [9.17, 15) is 0 Å². The van der Waals surface area contributed by atoms with Crippen molar-refractivity contribution >= 4 is 0 Å². The first-order valence-electron chi connectivity index (χ1n) is 3.76. The topological polar surface area (TPSA) is 38.2 Å². The smallest absolute Gasteiger partial charge is 0.0140 e. The highest BCUT2D eigenvalue weighted by atomic mass is 15.0. The maximum atomic E-state index is 2.21. The molecule has 0 atom stereocenters. The average molecular weight is 148 g/mol. The summed E-state index contributed by atoms with van der Waals surface area (Å²) in [6, 6.07) is 0. The number of hydrogen-bond acceptors (Lipinski definition) is 2. The molecule has 0 aromatic heterocycles. The molecule has 66 valence electrons. The van der Waals surface area contributed by atoms with Gasteiger partial charge in [0.2, 0.25) is 0 Å². The van der Waals surface area contributed by atoms with Crippen molar-refractivity contribution in [3.05, 3.63) is 0 Å². The van der Waals surface area contributed by atoms with Gasteiger partial charge in [-0.1, -0.05) is 33.1 Å². The van der Waals surface area contributed by atoms with Crippen molar-refractivity contribution in [2.45, 2.75) is 33.1 Å². The van der Waals surface area contributed by atoms with Crippen LogP contribution in [0.1, 0.15) is 33.1 Å². The summed E-state index contributed by atoms with van der Waals surface area (Å²) in [5, 5.41) is 0. The van der Waals surface area contributed by atoms with Crippen LogP contribution >= 0.6 is 0 Å². The molecule has 0 bridgehead atoms. The first-order valence-corrected chi connectivity index (χ1v) is 3.76. The molecule has 10 heavy (non-hydrogen) atoms. The van der Waals surface area contributed by atoms with Crippen LogP contribution in [-0.2, 0) is 0 Å². The van der Waals surface area contributed by atoms with Crippen LogP contribution in [0.2, 0.25) is 0 Å². The Morgan fingerprint density at radius 1 is 0.900 bits per heavy atom. The lowest BCUT2D eigenvalue weighted by atomic mass is 10.3. The van der Waals surface area contributed by atoms with Gasteiger partial charge in [0.1, 0.15) is 0 Å². The second-order valence-electron chi connectivity index (χ2n) is 2.70. The summed E-state index contributed by atoms with van der Waals surface area (Å²) < 4.78 is 0. The Kier molecular flexibility index (Phi) is 26.3. The molecule has 0 fully saturated rings. The van der Waals surface area contributed by atoms with Gasteiger partial charge in [-0.15, -0.1) is 0 Å². The molecule has 0 aliphatic carbocycles. The van der Waals surface area contributed by atoms with E-state index in [1.54, 1.807) is 0 Å². The Balaban J connectivity index is -0.0000000910. The van der Waals surface area contributed by atoms with Gasteiger partial charge in [-0.2, -0.15) is 0 Å². The van der Waals surface area contributed by atoms with E-state index in [1.165, 1.54) is 19.3 Å². The van der Waals surface area contributed by atoms with Gasteiger partial charge in [-0.05, 0) is 21.1 Å².